The van der Waals surface area contributed by atoms with E-state index in [-0.39, 0.29) is 0 Å². The van der Waals surface area contributed by atoms with Crippen molar-refractivity contribution in [3.05, 3.63) is 52.8 Å². The molecule has 1 aromatic heterocycles. The summed E-state index contributed by atoms with van der Waals surface area (Å²) < 4.78 is 1.75. The quantitative estimate of drug-likeness (QED) is 0.862. The van der Waals surface area contributed by atoms with E-state index in [9.17, 15) is 0 Å². The molecule has 15 heavy (non-hydrogen) atoms. The summed E-state index contributed by atoms with van der Waals surface area (Å²) in [6.07, 6.45) is 1.71. The lowest BCUT2D eigenvalue weighted by molar-refractivity contribution is 0.687. The highest BCUT2D eigenvalue weighted by Gasteiger charge is 2.06. The van der Waals surface area contributed by atoms with Gasteiger partial charge in [-0.05, 0) is 5.56 Å². The third kappa shape index (κ3) is 2.19. The molecule has 0 saturated carbocycles. The van der Waals surface area contributed by atoms with Crippen LogP contribution in [0.5, 0.6) is 0 Å². The van der Waals surface area contributed by atoms with E-state index in [0.29, 0.717) is 18.2 Å². The van der Waals surface area contributed by atoms with Gasteiger partial charge in [-0.3, -0.25) is 0 Å². The van der Waals surface area contributed by atoms with Crippen LogP contribution < -0.4 is 5.73 Å². The first kappa shape index (κ1) is 10.2. The van der Waals surface area contributed by atoms with Gasteiger partial charge >= 0.3 is 0 Å². The van der Waals surface area contributed by atoms with Crippen molar-refractivity contribution in [1.82, 2.24) is 9.78 Å². The second kappa shape index (κ2) is 4.47. The number of nitrogens with zero attached hydrogens (tertiary/aromatic N) is 2. The van der Waals surface area contributed by atoms with Crippen molar-refractivity contribution < 1.29 is 0 Å². The summed E-state index contributed by atoms with van der Waals surface area (Å²) in [6, 6.07) is 10.1. The summed E-state index contributed by atoms with van der Waals surface area (Å²) in [6.45, 7) is 1.10. The lowest BCUT2D eigenvalue weighted by Gasteiger charge is -2.03. The topological polar surface area (TPSA) is 43.8 Å². The Morgan fingerprint density at radius 3 is 2.60 bits per heavy atom. The average molecular weight is 222 g/mol. The Hall–Kier alpha value is -1.32. The summed E-state index contributed by atoms with van der Waals surface area (Å²) in [7, 11) is 0. The molecule has 0 aliphatic carbocycles. The van der Waals surface area contributed by atoms with Crippen LogP contribution >= 0.6 is 11.6 Å². The molecule has 2 N–H and O–H groups in total. The number of halogens is 1. The third-order valence-corrected chi connectivity index (χ3v) is 2.68. The van der Waals surface area contributed by atoms with Gasteiger partial charge in [-0.2, -0.15) is 5.10 Å². The molecule has 78 valence electrons. The van der Waals surface area contributed by atoms with Crippen LogP contribution in [0.4, 0.5) is 0 Å². The third-order valence-electron chi connectivity index (χ3n) is 2.24. The summed E-state index contributed by atoms with van der Waals surface area (Å²) in [4.78, 5) is 0. The van der Waals surface area contributed by atoms with Gasteiger partial charge in [0.2, 0.25) is 0 Å². The molecule has 1 heterocycles. The van der Waals surface area contributed by atoms with Crippen LogP contribution in [0, 0.1) is 0 Å². The first-order valence-electron chi connectivity index (χ1n) is 4.75. The summed E-state index contributed by atoms with van der Waals surface area (Å²) >= 11 is 6.09. The number of rotatable bonds is 3. The van der Waals surface area contributed by atoms with Crippen molar-refractivity contribution in [2.24, 2.45) is 5.73 Å². The summed E-state index contributed by atoms with van der Waals surface area (Å²) in [5, 5.41) is 4.81. The molecule has 2 aromatic rings. The van der Waals surface area contributed by atoms with Crippen LogP contribution in [0.1, 0.15) is 11.1 Å². The Bertz CT molecular complexity index is 436. The normalized spacial score (nSPS) is 10.5. The van der Waals surface area contributed by atoms with E-state index < -0.39 is 0 Å². The molecule has 0 radical (unpaired) electrons. The Kier molecular flexibility index (Phi) is 3.04. The maximum Gasteiger partial charge on any atom is 0.131 e. The Labute approximate surface area is 93.5 Å². The van der Waals surface area contributed by atoms with Gasteiger partial charge in [0, 0.05) is 12.1 Å². The van der Waals surface area contributed by atoms with E-state index in [0.717, 1.165) is 5.56 Å². The number of nitrogens with two attached hydrogens (primary N) is 1. The zero-order chi connectivity index (χ0) is 10.7. The van der Waals surface area contributed by atoms with Gasteiger partial charge in [0.05, 0.1) is 12.7 Å². The Morgan fingerprint density at radius 2 is 2.00 bits per heavy atom. The first-order valence-corrected chi connectivity index (χ1v) is 5.13. The molecule has 4 heteroatoms. The molecule has 0 aliphatic rings. The Morgan fingerprint density at radius 1 is 1.27 bits per heavy atom. The number of hydrogen-bond donors (Lipinski definition) is 1. The highest BCUT2D eigenvalue weighted by atomic mass is 35.5. The molecule has 3 nitrogen and oxygen atoms in total. The van der Waals surface area contributed by atoms with Gasteiger partial charge in [-0.15, -0.1) is 0 Å². The maximum absolute atomic E-state index is 6.09. The summed E-state index contributed by atoms with van der Waals surface area (Å²) in [5.74, 6) is 0. The van der Waals surface area contributed by atoms with Crippen molar-refractivity contribution in [2.75, 3.05) is 0 Å². The fourth-order valence-corrected chi connectivity index (χ4v) is 1.64. The van der Waals surface area contributed by atoms with E-state index in [4.69, 9.17) is 17.3 Å². The zero-order valence-corrected chi connectivity index (χ0v) is 8.98. The van der Waals surface area contributed by atoms with Crippen molar-refractivity contribution in [2.45, 2.75) is 13.1 Å². The number of benzene rings is 1. The molecule has 0 amide bonds. The Balaban J connectivity index is 2.21. The van der Waals surface area contributed by atoms with Crippen LogP contribution in [0.2, 0.25) is 5.15 Å². The van der Waals surface area contributed by atoms with E-state index in [1.807, 2.05) is 30.3 Å². The van der Waals surface area contributed by atoms with Crippen molar-refractivity contribution in [3.63, 3.8) is 0 Å². The zero-order valence-electron chi connectivity index (χ0n) is 8.23. The lowest BCUT2D eigenvalue weighted by atomic mass is 10.2. The second-order valence-electron chi connectivity index (χ2n) is 3.31. The lowest BCUT2D eigenvalue weighted by Crippen LogP contribution is -2.02. The standard InChI is InChI=1S/C11H12ClN3/c12-11-10(6-13)7-14-15(11)8-9-4-2-1-3-5-9/h1-5,7H,6,8,13H2. The second-order valence-corrected chi connectivity index (χ2v) is 3.67. The van der Waals surface area contributed by atoms with E-state index in [2.05, 4.69) is 5.10 Å². The molecular formula is C11H12ClN3. The molecule has 2 rings (SSSR count). The number of aromatic nitrogens is 2. The predicted octanol–water partition coefficient (Wildman–Crippen LogP) is 2.04. The molecule has 0 bridgehead atoms. The largest absolute Gasteiger partial charge is 0.326 e. The van der Waals surface area contributed by atoms with Crippen molar-refractivity contribution >= 4 is 11.6 Å². The monoisotopic (exact) mass is 221 g/mol. The maximum atomic E-state index is 6.09. The predicted molar refractivity (Wildman–Crippen MR) is 60.7 cm³/mol. The molecule has 0 fully saturated rings. The van der Waals surface area contributed by atoms with Gasteiger partial charge in [0.25, 0.3) is 0 Å². The van der Waals surface area contributed by atoms with Gasteiger partial charge in [-0.25, -0.2) is 4.68 Å². The van der Waals surface area contributed by atoms with E-state index in [1.54, 1.807) is 10.9 Å². The molecular weight excluding hydrogens is 210 g/mol. The van der Waals surface area contributed by atoms with Gasteiger partial charge in [-0.1, -0.05) is 41.9 Å². The minimum atomic E-state index is 0.424. The van der Waals surface area contributed by atoms with Gasteiger partial charge in [0.1, 0.15) is 5.15 Å². The van der Waals surface area contributed by atoms with Gasteiger partial charge < -0.3 is 5.73 Å². The first-order chi connectivity index (χ1) is 7.31. The van der Waals surface area contributed by atoms with Crippen LogP contribution in [0.15, 0.2) is 36.5 Å². The molecule has 0 atom stereocenters. The van der Waals surface area contributed by atoms with Crippen LogP contribution in [0.25, 0.3) is 0 Å². The van der Waals surface area contributed by atoms with E-state index in [1.165, 1.54) is 5.56 Å². The molecule has 1 aromatic carbocycles. The fraction of sp³-hybridized carbons (Fsp3) is 0.182. The van der Waals surface area contributed by atoms with Crippen LogP contribution in [-0.2, 0) is 13.1 Å². The minimum absolute atomic E-state index is 0.424. The van der Waals surface area contributed by atoms with Crippen molar-refractivity contribution in [3.8, 4) is 0 Å². The van der Waals surface area contributed by atoms with Crippen molar-refractivity contribution in [1.29, 1.82) is 0 Å². The molecule has 0 aliphatic heterocycles. The fourth-order valence-electron chi connectivity index (χ4n) is 1.41. The smallest absolute Gasteiger partial charge is 0.131 e. The summed E-state index contributed by atoms with van der Waals surface area (Å²) in [5.41, 5.74) is 7.57. The van der Waals surface area contributed by atoms with Crippen LogP contribution in [-0.4, -0.2) is 9.78 Å². The molecule has 0 saturated heterocycles. The highest BCUT2D eigenvalue weighted by molar-refractivity contribution is 6.30. The SMILES string of the molecule is NCc1cnn(Cc2ccccc2)c1Cl. The van der Waals surface area contributed by atoms with Gasteiger partial charge in [0.15, 0.2) is 0 Å². The molecule has 0 unspecified atom stereocenters. The van der Waals surface area contributed by atoms with Crippen LogP contribution in [0.3, 0.4) is 0 Å². The van der Waals surface area contributed by atoms with E-state index >= 15 is 0 Å². The average Bonchev–Trinajstić information content (AvgIpc) is 2.62. The highest BCUT2D eigenvalue weighted by Crippen LogP contribution is 2.16. The molecule has 0 spiro atoms. The minimum Gasteiger partial charge on any atom is -0.326 e. The number of hydrogen-bond acceptors (Lipinski definition) is 2.